The number of benzene rings is 1. The lowest BCUT2D eigenvalue weighted by Gasteiger charge is -2.10. The predicted molar refractivity (Wildman–Crippen MR) is 93.5 cm³/mol. The topological polar surface area (TPSA) is 73.2 Å². The third kappa shape index (κ3) is 3.30. The maximum absolute atomic E-state index is 12.4. The highest BCUT2D eigenvalue weighted by Crippen LogP contribution is 2.19. The minimum absolute atomic E-state index is 0.0637. The molecule has 1 amide bonds. The standard InChI is InChI=1S/C17H17N3O3S/c1-11-7-13-16(24-11)19-10-20(17(13)22)9-15(21)18-8-12-5-3-4-6-14(12)23-2/h3-7,10H,8-9H2,1-2H3,(H,18,21). The molecule has 24 heavy (non-hydrogen) atoms. The number of fused-ring (bicyclic) bond motifs is 1. The number of nitrogens with one attached hydrogen (secondary N) is 1. The fourth-order valence-corrected chi connectivity index (χ4v) is 3.28. The molecule has 6 nitrogen and oxygen atoms in total. The van der Waals surface area contributed by atoms with Crippen molar-refractivity contribution in [2.24, 2.45) is 0 Å². The molecule has 0 aliphatic rings. The average molecular weight is 343 g/mol. The summed E-state index contributed by atoms with van der Waals surface area (Å²) in [5.41, 5.74) is 0.680. The number of hydrogen-bond donors (Lipinski definition) is 1. The molecular weight excluding hydrogens is 326 g/mol. The number of rotatable bonds is 5. The molecule has 0 unspecified atom stereocenters. The second-order valence-corrected chi connectivity index (χ2v) is 6.58. The summed E-state index contributed by atoms with van der Waals surface area (Å²) >= 11 is 1.47. The highest BCUT2D eigenvalue weighted by Gasteiger charge is 2.10. The van der Waals surface area contributed by atoms with Gasteiger partial charge in [-0.3, -0.25) is 14.2 Å². The van der Waals surface area contributed by atoms with Crippen molar-refractivity contribution < 1.29 is 9.53 Å². The number of carbonyl (C=O) groups excluding carboxylic acids is 1. The fraction of sp³-hybridized carbons (Fsp3) is 0.235. The van der Waals surface area contributed by atoms with E-state index in [1.807, 2.05) is 31.2 Å². The van der Waals surface area contributed by atoms with Gasteiger partial charge in [-0.2, -0.15) is 0 Å². The van der Waals surface area contributed by atoms with Crippen LogP contribution in [0.3, 0.4) is 0 Å². The van der Waals surface area contributed by atoms with Crippen molar-refractivity contribution in [2.45, 2.75) is 20.0 Å². The summed E-state index contributed by atoms with van der Waals surface area (Å²) in [6, 6.07) is 9.27. The van der Waals surface area contributed by atoms with Gasteiger partial charge in [-0.15, -0.1) is 11.3 Å². The summed E-state index contributed by atoms with van der Waals surface area (Å²) in [5.74, 6) is 0.461. The molecule has 0 radical (unpaired) electrons. The van der Waals surface area contributed by atoms with Crippen molar-refractivity contribution in [2.75, 3.05) is 7.11 Å². The summed E-state index contributed by atoms with van der Waals surface area (Å²) in [4.78, 5) is 30.5. The van der Waals surface area contributed by atoms with E-state index in [4.69, 9.17) is 4.74 Å². The van der Waals surface area contributed by atoms with E-state index in [1.165, 1.54) is 22.2 Å². The van der Waals surface area contributed by atoms with Crippen LogP contribution in [0, 0.1) is 6.92 Å². The Bertz CT molecular complexity index is 946. The van der Waals surface area contributed by atoms with Crippen LogP contribution in [0.1, 0.15) is 10.4 Å². The molecule has 0 spiro atoms. The Labute approximate surface area is 142 Å². The van der Waals surface area contributed by atoms with E-state index in [9.17, 15) is 9.59 Å². The maximum Gasteiger partial charge on any atom is 0.262 e. The molecule has 124 valence electrons. The molecule has 0 aliphatic carbocycles. The van der Waals surface area contributed by atoms with Crippen LogP contribution < -0.4 is 15.6 Å². The van der Waals surface area contributed by atoms with E-state index in [-0.39, 0.29) is 18.0 Å². The zero-order valence-electron chi connectivity index (χ0n) is 13.4. The van der Waals surface area contributed by atoms with Gasteiger partial charge in [0.2, 0.25) is 5.91 Å². The van der Waals surface area contributed by atoms with Crippen molar-refractivity contribution in [1.82, 2.24) is 14.9 Å². The molecule has 0 bridgehead atoms. The number of carbonyl (C=O) groups is 1. The molecule has 0 fully saturated rings. The molecule has 3 rings (SSSR count). The van der Waals surface area contributed by atoms with Crippen molar-refractivity contribution in [3.05, 3.63) is 57.5 Å². The van der Waals surface area contributed by atoms with Crippen LogP contribution in [0.25, 0.3) is 10.2 Å². The summed E-state index contributed by atoms with van der Waals surface area (Å²) in [5, 5.41) is 3.35. The minimum atomic E-state index is -0.254. The first-order valence-electron chi connectivity index (χ1n) is 7.42. The summed E-state index contributed by atoms with van der Waals surface area (Å²) < 4.78 is 6.58. The van der Waals surface area contributed by atoms with Gasteiger partial charge in [-0.1, -0.05) is 18.2 Å². The van der Waals surface area contributed by atoms with Crippen LogP contribution in [-0.4, -0.2) is 22.6 Å². The molecular formula is C17H17N3O3S. The van der Waals surface area contributed by atoms with Gasteiger partial charge >= 0.3 is 0 Å². The number of hydrogen-bond acceptors (Lipinski definition) is 5. The number of nitrogens with zero attached hydrogens (tertiary/aromatic N) is 2. The fourth-order valence-electron chi connectivity index (χ4n) is 2.45. The molecule has 2 aromatic heterocycles. The summed E-state index contributed by atoms with van der Waals surface area (Å²) in [6.07, 6.45) is 1.42. The van der Waals surface area contributed by atoms with Crippen molar-refractivity contribution in [1.29, 1.82) is 0 Å². The monoisotopic (exact) mass is 343 g/mol. The van der Waals surface area contributed by atoms with Gasteiger partial charge in [0.25, 0.3) is 5.56 Å². The van der Waals surface area contributed by atoms with Crippen molar-refractivity contribution >= 4 is 27.5 Å². The van der Waals surface area contributed by atoms with Gasteiger partial charge < -0.3 is 10.1 Å². The first kappa shape index (κ1) is 16.2. The Kier molecular flexibility index (Phi) is 4.61. The van der Waals surface area contributed by atoms with Crippen LogP contribution in [0.4, 0.5) is 0 Å². The van der Waals surface area contributed by atoms with Gasteiger partial charge in [0, 0.05) is 17.0 Å². The Morgan fingerprint density at radius 2 is 2.17 bits per heavy atom. The molecule has 0 atom stereocenters. The maximum atomic E-state index is 12.4. The number of aromatic nitrogens is 2. The highest BCUT2D eigenvalue weighted by molar-refractivity contribution is 7.18. The van der Waals surface area contributed by atoms with Crippen LogP contribution in [0.15, 0.2) is 41.5 Å². The summed E-state index contributed by atoms with van der Waals surface area (Å²) in [6.45, 7) is 2.20. The Morgan fingerprint density at radius 1 is 1.38 bits per heavy atom. The second-order valence-electron chi connectivity index (χ2n) is 5.34. The molecule has 7 heteroatoms. The van der Waals surface area contributed by atoms with Gasteiger partial charge in [-0.25, -0.2) is 4.98 Å². The van der Waals surface area contributed by atoms with Gasteiger partial charge in [0.1, 0.15) is 17.1 Å². The van der Waals surface area contributed by atoms with Crippen LogP contribution in [0.5, 0.6) is 5.75 Å². The number of methoxy groups -OCH3 is 1. The molecule has 0 saturated heterocycles. The first-order chi connectivity index (χ1) is 11.6. The Hall–Kier alpha value is -2.67. The number of ether oxygens (including phenoxy) is 1. The lowest BCUT2D eigenvalue weighted by molar-refractivity contribution is -0.121. The quantitative estimate of drug-likeness (QED) is 0.770. The van der Waals surface area contributed by atoms with E-state index in [2.05, 4.69) is 10.3 Å². The predicted octanol–water partition coefficient (Wildman–Crippen LogP) is 2.09. The molecule has 1 N–H and O–H groups in total. The van der Waals surface area contributed by atoms with E-state index in [0.29, 0.717) is 22.5 Å². The smallest absolute Gasteiger partial charge is 0.262 e. The lowest BCUT2D eigenvalue weighted by Crippen LogP contribution is -2.32. The zero-order chi connectivity index (χ0) is 17.1. The largest absolute Gasteiger partial charge is 0.496 e. The average Bonchev–Trinajstić information content (AvgIpc) is 2.97. The van der Waals surface area contributed by atoms with E-state index in [0.717, 1.165) is 10.4 Å². The second kappa shape index (κ2) is 6.84. The molecule has 0 aliphatic heterocycles. The number of amides is 1. The SMILES string of the molecule is COc1ccccc1CNC(=O)Cn1cnc2sc(C)cc2c1=O. The van der Waals surface area contributed by atoms with Gasteiger partial charge in [-0.05, 0) is 19.1 Å². The van der Waals surface area contributed by atoms with E-state index in [1.54, 1.807) is 13.2 Å². The minimum Gasteiger partial charge on any atom is -0.496 e. The van der Waals surface area contributed by atoms with Crippen LogP contribution >= 0.6 is 11.3 Å². The molecule has 2 heterocycles. The third-order valence-corrected chi connectivity index (χ3v) is 4.58. The zero-order valence-corrected chi connectivity index (χ0v) is 14.2. The highest BCUT2D eigenvalue weighted by atomic mass is 32.1. The summed E-state index contributed by atoms with van der Waals surface area (Å²) in [7, 11) is 1.59. The number of para-hydroxylation sites is 1. The molecule has 3 aromatic rings. The van der Waals surface area contributed by atoms with Gasteiger partial charge in [0.05, 0.1) is 18.8 Å². The molecule has 0 saturated carbocycles. The third-order valence-electron chi connectivity index (χ3n) is 3.62. The number of aryl methyl sites for hydroxylation is 1. The van der Waals surface area contributed by atoms with Crippen molar-refractivity contribution in [3.8, 4) is 5.75 Å². The van der Waals surface area contributed by atoms with Gasteiger partial charge in [0.15, 0.2) is 0 Å². The molecule has 1 aromatic carbocycles. The number of thiophene rings is 1. The van der Waals surface area contributed by atoms with Crippen LogP contribution in [-0.2, 0) is 17.9 Å². The Balaban J connectivity index is 1.71. The van der Waals surface area contributed by atoms with Crippen molar-refractivity contribution in [3.63, 3.8) is 0 Å². The van der Waals surface area contributed by atoms with Crippen LogP contribution in [0.2, 0.25) is 0 Å². The van der Waals surface area contributed by atoms with E-state index >= 15 is 0 Å². The lowest BCUT2D eigenvalue weighted by atomic mass is 10.2. The Morgan fingerprint density at radius 3 is 2.96 bits per heavy atom. The van der Waals surface area contributed by atoms with E-state index < -0.39 is 0 Å². The first-order valence-corrected chi connectivity index (χ1v) is 8.24. The normalized spacial score (nSPS) is 10.8.